The Balaban J connectivity index is 1.58. The van der Waals surface area contributed by atoms with Crippen LogP contribution in [0.1, 0.15) is 29.3 Å². The molecule has 1 saturated heterocycles. The molecule has 0 spiro atoms. The number of nitrogens with zero attached hydrogens (tertiary/aromatic N) is 1. The van der Waals surface area contributed by atoms with Crippen LogP contribution < -0.4 is 14.8 Å². The first-order valence-electron chi connectivity index (χ1n) is 6.76. The summed E-state index contributed by atoms with van der Waals surface area (Å²) in [5, 5.41) is 2.96. The Kier molecular flexibility index (Phi) is 4.06. The number of nitrogens with one attached hydrogen (secondary N) is 1. The third-order valence-corrected chi connectivity index (χ3v) is 4.15. The lowest BCUT2D eigenvalue weighted by atomic mass is 10.1. The third kappa shape index (κ3) is 3.33. The van der Waals surface area contributed by atoms with Crippen LogP contribution in [-0.4, -0.2) is 17.4 Å². The molecule has 1 fully saturated rings. The molecule has 1 aromatic carbocycles. The Labute approximate surface area is 127 Å². The molecule has 1 aliphatic rings. The van der Waals surface area contributed by atoms with Crippen molar-refractivity contribution in [2.75, 3.05) is 7.11 Å². The van der Waals surface area contributed by atoms with E-state index in [1.807, 2.05) is 30.3 Å². The summed E-state index contributed by atoms with van der Waals surface area (Å²) in [4.78, 5) is 12.2. The highest BCUT2D eigenvalue weighted by molar-refractivity contribution is 7.05. The van der Waals surface area contributed by atoms with Crippen LogP contribution in [0.15, 0.2) is 30.3 Å². The highest BCUT2D eigenvalue weighted by atomic mass is 32.1. The minimum atomic E-state index is 0.125. The van der Waals surface area contributed by atoms with Gasteiger partial charge >= 0.3 is 0 Å². The highest BCUT2D eigenvalue weighted by Gasteiger charge is 2.21. The predicted molar refractivity (Wildman–Crippen MR) is 79.6 cm³/mol. The summed E-state index contributed by atoms with van der Waals surface area (Å²) < 4.78 is 14.9. The van der Waals surface area contributed by atoms with E-state index in [0.717, 1.165) is 22.6 Å². The summed E-state index contributed by atoms with van der Waals surface area (Å²) in [5.41, 5.74) is 1.12. The first-order valence-corrected chi connectivity index (χ1v) is 7.53. The number of carbonyl (C=O) groups excluding carboxylic acids is 1. The number of hydrogen-bond donors (Lipinski definition) is 1. The van der Waals surface area contributed by atoms with Crippen LogP contribution in [0.5, 0.6) is 11.6 Å². The zero-order valence-electron chi connectivity index (χ0n) is 11.7. The molecule has 5 nitrogen and oxygen atoms in total. The Bertz CT molecular complexity index is 624. The fourth-order valence-corrected chi connectivity index (χ4v) is 2.87. The van der Waals surface area contributed by atoms with Crippen molar-refractivity contribution in [1.29, 1.82) is 0 Å². The number of amides is 1. The SMILES string of the molecule is COc1cc(COc2ccc(C3CCC(=O)N3)cc2)sn1. The second-order valence-corrected chi connectivity index (χ2v) is 5.74. The highest BCUT2D eigenvalue weighted by Crippen LogP contribution is 2.26. The van der Waals surface area contributed by atoms with E-state index in [9.17, 15) is 4.79 Å². The lowest BCUT2D eigenvalue weighted by Crippen LogP contribution is -2.18. The first kappa shape index (κ1) is 13.9. The van der Waals surface area contributed by atoms with E-state index in [4.69, 9.17) is 9.47 Å². The van der Waals surface area contributed by atoms with Gasteiger partial charge in [0.15, 0.2) is 0 Å². The van der Waals surface area contributed by atoms with Crippen LogP contribution in [0, 0.1) is 0 Å². The Morgan fingerprint density at radius 3 is 2.81 bits per heavy atom. The molecule has 0 radical (unpaired) electrons. The molecule has 0 saturated carbocycles. The summed E-state index contributed by atoms with van der Waals surface area (Å²) in [5.74, 6) is 1.54. The molecule has 0 bridgehead atoms. The maximum atomic E-state index is 11.2. The summed E-state index contributed by atoms with van der Waals surface area (Å²) in [6.07, 6.45) is 1.47. The fraction of sp³-hybridized carbons (Fsp3) is 0.333. The van der Waals surface area contributed by atoms with Crippen molar-refractivity contribution < 1.29 is 14.3 Å². The van der Waals surface area contributed by atoms with Gasteiger partial charge in [-0.3, -0.25) is 4.79 Å². The molecular formula is C15H16N2O3S. The summed E-state index contributed by atoms with van der Waals surface area (Å²) in [7, 11) is 1.60. The minimum absolute atomic E-state index is 0.125. The van der Waals surface area contributed by atoms with Crippen molar-refractivity contribution in [3.05, 3.63) is 40.8 Å². The van der Waals surface area contributed by atoms with Gasteiger partial charge in [-0.2, -0.15) is 4.37 Å². The van der Waals surface area contributed by atoms with Gasteiger partial charge in [0.2, 0.25) is 11.8 Å². The molecule has 1 aliphatic heterocycles. The van der Waals surface area contributed by atoms with Gasteiger partial charge in [0.05, 0.1) is 18.0 Å². The topological polar surface area (TPSA) is 60.5 Å². The van der Waals surface area contributed by atoms with Gasteiger partial charge in [0.25, 0.3) is 0 Å². The Hall–Kier alpha value is -2.08. The molecule has 21 heavy (non-hydrogen) atoms. The Morgan fingerprint density at radius 1 is 1.38 bits per heavy atom. The van der Waals surface area contributed by atoms with Crippen molar-refractivity contribution in [3.8, 4) is 11.6 Å². The smallest absolute Gasteiger partial charge is 0.225 e. The van der Waals surface area contributed by atoms with Gasteiger partial charge in [-0.1, -0.05) is 12.1 Å². The molecule has 1 unspecified atom stereocenters. The number of aromatic nitrogens is 1. The molecule has 1 atom stereocenters. The average Bonchev–Trinajstić information content (AvgIpc) is 3.14. The molecule has 1 aromatic heterocycles. The number of hydrogen-bond acceptors (Lipinski definition) is 5. The van der Waals surface area contributed by atoms with Crippen molar-refractivity contribution in [3.63, 3.8) is 0 Å². The van der Waals surface area contributed by atoms with Crippen LogP contribution in [0.2, 0.25) is 0 Å². The minimum Gasteiger partial charge on any atom is -0.488 e. The normalized spacial score (nSPS) is 17.6. The van der Waals surface area contributed by atoms with E-state index < -0.39 is 0 Å². The van der Waals surface area contributed by atoms with E-state index in [-0.39, 0.29) is 11.9 Å². The van der Waals surface area contributed by atoms with E-state index in [1.165, 1.54) is 11.5 Å². The van der Waals surface area contributed by atoms with Crippen molar-refractivity contribution in [2.24, 2.45) is 0 Å². The van der Waals surface area contributed by atoms with Crippen LogP contribution in [0.4, 0.5) is 0 Å². The van der Waals surface area contributed by atoms with Gasteiger partial charge in [0.1, 0.15) is 12.4 Å². The molecule has 110 valence electrons. The maximum Gasteiger partial charge on any atom is 0.225 e. The number of rotatable bonds is 5. The van der Waals surface area contributed by atoms with Crippen molar-refractivity contribution >= 4 is 17.4 Å². The largest absolute Gasteiger partial charge is 0.488 e. The fourth-order valence-electron chi connectivity index (χ4n) is 2.27. The average molecular weight is 304 g/mol. The van der Waals surface area contributed by atoms with E-state index in [1.54, 1.807) is 7.11 Å². The monoisotopic (exact) mass is 304 g/mol. The van der Waals surface area contributed by atoms with Crippen molar-refractivity contribution in [1.82, 2.24) is 9.69 Å². The Morgan fingerprint density at radius 2 is 2.19 bits per heavy atom. The summed E-state index contributed by atoms with van der Waals surface area (Å²) >= 11 is 1.37. The lowest BCUT2D eigenvalue weighted by Gasteiger charge is -2.11. The summed E-state index contributed by atoms with van der Waals surface area (Å²) in [6, 6.07) is 9.86. The summed E-state index contributed by atoms with van der Waals surface area (Å²) in [6.45, 7) is 0.473. The molecular weight excluding hydrogens is 288 g/mol. The number of methoxy groups -OCH3 is 1. The second-order valence-electron chi connectivity index (χ2n) is 4.85. The second kappa shape index (κ2) is 6.13. The zero-order chi connectivity index (χ0) is 14.7. The van der Waals surface area contributed by atoms with Crippen LogP contribution >= 0.6 is 11.5 Å². The van der Waals surface area contributed by atoms with Gasteiger partial charge in [0, 0.05) is 12.5 Å². The third-order valence-electron chi connectivity index (χ3n) is 3.41. The first-order chi connectivity index (χ1) is 10.2. The van der Waals surface area contributed by atoms with Crippen LogP contribution in [0.3, 0.4) is 0 Å². The van der Waals surface area contributed by atoms with Gasteiger partial charge < -0.3 is 14.8 Å². The zero-order valence-corrected chi connectivity index (χ0v) is 12.5. The molecule has 1 N–H and O–H groups in total. The van der Waals surface area contributed by atoms with E-state index in [2.05, 4.69) is 9.69 Å². The standard InChI is InChI=1S/C15H16N2O3S/c1-19-15-8-12(21-17-15)9-20-11-4-2-10(3-5-11)13-6-7-14(18)16-13/h2-5,8,13H,6-7,9H2,1H3,(H,16,18). The van der Waals surface area contributed by atoms with Crippen LogP contribution in [-0.2, 0) is 11.4 Å². The van der Waals surface area contributed by atoms with E-state index >= 15 is 0 Å². The molecule has 6 heteroatoms. The molecule has 2 heterocycles. The molecule has 3 rings (SSSR count). The molecule has 0 aliphatic carbocycles. The van der Waals surface area contributed by atoms with Gasteiger partial charge in [-0.05, 0) is 35.6 Å². The van der Waals surface area contributed by atoms with E-state index in [0.29, 0.717) is 18.9 Å². The van der Waals surface area contributed by atoms with Crippen LogP contribution in [0.25, 0.3) is 0 Å². The molecule has 2 aromatic rings. The number of carbonyl (C=O) groups is 1. The quantitative estimate of drug-likeness (QED) is 0.922. The number of ether oxygens (including phenoxy) is 2. The van der Waals surface area contributed by atoms with Crippen molar-refractivity contribution in [2.45, 2.75) is 25.5 Å². The predicted octanol–water partition coefficient (Wildman–Crippen LogP) is 2.68. The van der Waals surface area contributed by atoms with Gasteiger partial charge in [-0.25, -0.2) is 0 Å². The molecule has 1 amide bonds. The van der Waals surface area contributed by atoms with Gasteiger partial charge in [-0.15, -0.1) is 0 Å². The number of benzene rings is 1. The maximum absolute atomic E-state index is 11.2. The lowest BCUT2D eigenvalue weighted by molar-refractivity contribution is -0.119.